The van der Waals surface area contributed by atoms with Crippen LogP contribution in [0.4, 0.5) is 0 Å². The van der Waals surface area contributed by atoms with Gasteiger partial charge in [0.05, 0.1) is 24.9 Å². The van der Waals surface area contributed by atoms with Gasteiger partial charge in [-0.15, -0.1) is 24.0 Å². The largest absolute Gasteiger partial charge is 0.383 e. The van der Waals surface area contributed by atoms with Crippen molar-refractivity contribution in [1.82, 2.24) is 29.8 Å². The highest BCUT2D eigenvalue weighted by atomic mass is 127. The molecule has 0 bridgehead atoms. The van der Waals surface area contributed by atoms with E-state index in [9.17, 15) is 4.79 Å². The monoisotopic (exact) mass is 561 g/mol. The van der Waals surface area contributed by atoms with Gasteiger partial charge in [0.15, 0.2) is 5.96 Å². The number of aliphatic imine (C=N–C) groups is 1. The van der Waals surface area contributed by atoms with Crippen molar-refractivity contribution in [2.75, 3.05) is 60.0 Å². The number of ether oxygens (including phenoxy) is 1. The van der Waals surface area contributed by atoms with Crippen LogP contribution in [0.1, 0.15) is 36.7 Å². The maximum absolute atomic E-state index is 12.7. The molecule has 2 saturated heterocycles. The van der Waals surface area contributed by atoms with Crippen molar-refractivity contribution in [2.24, 2.45) is 4.99 Å². The number of nitrogens with one attached hydrogen (secondary N) is 1. The molecule has 9 nitrogen and oxygen atoms in total. The van der Waals surface area contributed by atoms with E-state index in [1.807, 2.05) is 23.6 Å². The van der Waals surface area contributed by atoms with Crippen LogP contribution >= 0.6 is 24.0 Å². The van der Waals surface area contributed by atoms with Crippen molar-refractivity contribution in [3.63, 3.8) is 0 Å². The highest BCUT2D eigenvalue weighted by molar-refractivity contribution is 14.0. The molecule has 3 heterocycles. The molecule has 0 saturated carbocycles. The van der Waals surface area contributed by atoms with E-state index in [2.05, 4.69) is 39.1 Å². The molecule has 0 aliphatic carbocycles. The van der Waals surface area contributed by atoms with Crippen LogP contribution in [0.5, 0.6) is 0 Å². The molecule has 0 aromatic carbocycles. The molecule has 1 amide bonds. The van der Waals surface area contributed by atoms with E-state index in [-0.39, 0.29) is 35.9 Å². The Morgan fingerprint density at radius 3 is 2.38 bits per heavy atom. The van der Waals surface area contributed by atoms with Gasteiger partial charge in [-0.3, -0.25) is 19.4 Å². The minimum atomic E-state index is -0.0431. The summed E-state index contributed by atoms with van der Waals surface area (Å²) in [7, 11) is 3.54. The predicted molar refractivity (Wildman–Crippen MR) is 138 cm³/mol. The number of hydrogen-bond acceptors (Lipinski definition) is 5. The summed E-state index contributed by atoms with van der Waals surface area (Å²) in [6, 6.07) is -0.0431. The summed E-state index contributed by atoms with van der Waals surface area (Å²) >= 11 is 0. The quantitative estimate of drug-likeness (QED) is 0.309. The number of methoxy groups -OCH3 is 1. The van der Waals surface area contributed by atoms with Gasteiger partial charge in [0, 0.05) is 71.2 Å². The number of halogens is 1. The Labute approximate surface area is 209 Å². The lowest BCUT2D eigenvalue weighted by atomic mass is 10.2. The fourth-order valence-electron chi connectivity index (χ4n) is 4.56. The van der Waals surface area contributed by atoms with Gasteiger partial charge in [-0.25, -0.2) is 0 Å². The third kappa shape index (κ3) is 6.34. The number of aromatic nitrogens is 2. The molecule has 0 spiro atoms. The lowest BCUT2D eigenvalue weighted by molar-refractivity contribution is -0.135. The fourth-order valence-corrected chi connectivity index (χ4v) is 4.56. The van der Waals surface area contributed by atoms with Crippen molar-refractivity contribution in [3.8, 4) is 0 Å². The van der Waals surface area contributed by atoms with E-state index >= 15 is 0 Å². The molecule has 182 valence electrons. The average molecular weight is 562 g/mol. The van der Waals surface area contributed by atoms with Gasteiger partial charge in [0.2, 0.25) is 5.91 Å². The number of piperazine rings is 1. The molecule has 1 aromatic heterocycles. The minimum Gasteiger partial charge on any atom is -0.383 e. The first-order valence-electron chi connectivity index (χ1n) is 11.5. The van der Waals surface area contributed by atoms with Gasteiger partial charge in [-0.05, 0) is 33.6 Å². The Morgan fingerprint density at radius 2 is 1.78 bits per heavy atom. The molecule has 1 N–H and O–H groups in total. The summed E-state index contributed by atoms with van der Waals surface area (Å²) in [6.07, 6.45) is 2.27. The van der Waals surface area contributed by atoms with Crippen molar-refractivity contribution < 1.29 is 9.53 Å². The maximum atomic E-state index is 12.7. The number of carbonyl (C=O) groups excluding carboxylic acids is 1. The van der Waals surface area contributed by atoms with Gasteiger partial charge < -0.3 is 19.9 Å². The van der Waals surface area contributed by atoms with Gasteiger partial charge in [0.25, 0.3) is 0 Å². The first-order chi connectivity index (χ1) is 15.0. The van der Waals surface area contributed by atoms with E-state index < -0.39 is 0 Å². The molecule has 1 unspecified atom stereocenters. The van der Waals surface area contributed by atoms with Gasteiger partial charge in [-0.2, -0.15) is 5.10 Å². The third-order valence-corrected chi connectivity index (χ3v) is 6.61. The van der Waals surface area contributed by atoms with Crippen molar-refractivity contribution in [2.45, 2.75) is 52.7 Å². The summed E-state index contributed by atoms with van der Waals surface area (Å²) < 4.78 is 7.19. The highest BCUT2D eigenvalue weighted by Gasteiger charge is 2.30. The normalized spacial score (nSPS) is 18.6. The zero-order chi connectivity index (χ0) is 22.4. The molecule has 3 rings (SSSR count). The Morgan fingerprint density at radius 1 is 1.12 bits per heavy atom. The van der Waals surface area contributed by atoms with Crippen LogP contribution in [0.3, 0.4) is 0 Å². The van der Waals surface area contributed by atoms with E-state index in [0.29, 0.717) is 13.2 Å². The first kappa shape index (κ1) is 26.8. The summed E-state index contributed by atoms with van der Waals surface area (Å²) in [6.45, 7) is 13.6. The molecule has 10 heteroatoms. The van der Waals surface area contributed by atoms with Crippen LogP contribution in [-0.2, 0) is 22.6 Å². The Kier molecular flexibility index (Phi) is 10.7. The Hall–Kier alpha value is -1.40. The molecular formula is C22H40IN7O2. The van der Waals surface area contributed by atoms with Gasteiger partial charge in [-0.1, -0.05) is 0 Å². The Bertz CT molecular complexity index is 769. The molecule has 2 aliphatic heterocycles. The van der Waals surface area contributed by atoms with E-state index in [4.69, 9.17) is 4.74 Å². The molecule has 2 aliphatic rings. The lowest BCUT2D eigenvalue weighted by Gasteiger charge is -2.39. The summed E-state index contributed by atoms with van der Waals surface area (Å²) in [5.74, 6) is 1.19. The molecule has 1 aromatic rings. The number of guanidine groups is 1. The first-order valence-corrected chi connectivity index (χ1v) is 11.5. The maximum Gasteiger partial charge on any atom is 0.239 e. The minimum absolute atomic E-state index is 0. The average Bonchev–Trinajstić information content (AvgIpc) is 3.41. The van der Waals surface area contributed by atoms with Crippen molar-refractivity contribution in [1.29, 1.82) is 0 Å². The number of likely N-dealkylation sites (tertiary alicyclic amines) is 1. The standard InChI is InChI=1S/C22H39N7O2.HI/c1-17-20(18(2)29(25-17)14-15-31-5)16-24-22(23-4)28-12-10-26(11-13-28)19(3)21(30)27-8-6-7-9-27;/h19H,6-16H2,1-5H3,(H,23,24);1H. The van der Waals surface area contributed by atoms with Crippen LogP contribution in [0.15, 0.2) is 4.99 Å². The van der Waals surface area contributed by atoms with Crippen LogP contribution in [-0.4, -0.2) is 102 Å². The highest BCUT2D eigenvalue weighted by Crippen LogP contribution is 2.15. The molecular weight excluding hydrogens is 521 g/mol. The second kappa shape index (κ2) is 12.7. The topological polar surface area (TPSA) is 78.2 Å². The number of carbonyl (C=O) groups is 1. The number of rotatable bonds is 7. The molecule has 2 fully saturated rings. The number of hydrogen-bond donors (Lipinski definition) is 1. The zero-order valence-corrected chi connectivity index (χ0v) is 22.6. The number of amides is 1. The van der Waals surface area contributed by atoms with Crippen LogP contribution < -0.4 is 5.32 Å². The Balaban J connectivity index is 0.00000363. The summed E-state index contributed by atoms with van der Waals surface area (Å²) in [4.78, 5) is 23.8. The van der Waals surface area contributed by atoms with E-state index in [0.717, 1.165) is 76.0 Å². The van der Waals surface area contributed by atoms with Crippen LogP contribution in [0.25, 0.3) is 0 Å². The second-order valence-corrected chi connectivity index (χ2v) is 8.50. The van der Waals surface area contributed by atoms with Crippen LogP contribution in [0, 0.1) is 13.8 Å². The summed E-state index contributed by atoms with van der Waals surface area (Å²) in [5.41, 5.74) is 3.41. The smallest absolute Gasteiger partial charge is 0.239 e. The lowest BCUT2D eigenvalue weighted by Crippen LogP contribution is -2.57. The van der Waals surface area contributed by atoms with Gasteiger partial charge >= 0.3 is 0 Å². The second-order valence-electron chi connectivity index (χ2n) is 8.50. The zero-order valence-electron chi connectivity index (χ0n) is 20.3. The SMILES string of the molecule is CN=C(NCc1c(C)nn(CCOC)c1C)N1CCN(C(C)C(=O)N2CCCC2)CC1.I. The van der Waals surface area contributed by atoms with E-state index in [1.165, 1.54) is 5.56 Å². The fraction of sp³-hybridized carbons (Fsp3) is 0.773. The predicted octanol–water partition coefficient (Wildman–Crippen LogP) is 1.47. The molecule has 32 heavy (non-hydrogen) atoms. The van der Waals surface area contributed by atoms with Crippen molar-refractivity contribution in [3.05, 3.63) is 17.0 Å². The number of aryl methyl sites for hydroxylation is 1. The van der Waals surface area contributed by atoms with Crippen molar-refractivity contribution >= 4 is 35.8 Å². The van der Waals surface area contributed by atoms with Crippen LogP contribution in [0.2, 0.25) is 0 Å². The third-order valence-electron chi connectivity index (χ3n) is 6.61. The van der Waals surface area contributed by atoms with Gasteiger partial charge in [0.1, 0.15) is 0 Å². The van der Waals surface area contributed by atoms with E-state index in [1.54, 1.807) is 7.11 Å². The molecule has 1 atom stereocenters. The number of nitrogens with zero attached hydrogens (tertiary/aromatic N) is 6. The molecule has 0 radical (unpaired) electrons. The summed E-state index contributed by atoms with van der Waals surface area (Å²) in [5, 5.41) is 8.16.